The Morgan fingerprint density at radius 3 is 2.52 bits per heavy atom. The summed E-state index contributed by atoms with van der Waals surface area (Å²) in [6.45, 7) is 3.47. The Hall–Kier alpha value is -2.00. The molecule has 0 amide bonds. The van der Waals surface area contributed by atoms with Gasteiger partial charge in [0.25, 0.3) is 0 Å². The Balaban J connectivity index is 1.57. The topological polar surface area (TPSA) is 101 Å². The van der Waals surface area contributed by atoms with E-state index in [9.17, 15) is 8.42 Å². The molecule has 4 heterocycles. The minimum Gasteiger partial charge on any atom is -0.473 e. The lowest BCUT2D eigenvalue weighted by atomic mass is 10.0. The molecule has 0 saturated carbocycles. The Bertz CT molecular complexity index is 834. The van der Waals surface area contributed by atoms with Gasteiger partial charge < -0.3 is 4.74 Å². The fraction of sp³-hybridized carbons (Fsp3) is 0.562. The third kappa shape index (κ3) is 2.81. The molecule has 2 unspecified atom stereocenters. The van der Waals surface area contributed by atoms with E-state index in [0.717, 1.165) is 12.8 Å². The lowest BCUT2D eigenvalue weighted by molar-refractivity contribution is 0.0909. The van der Waals surface area contributed by atoms with Gasteiger partial charge in [0, 0.05) is 37.2 Å². The fourth-order valence-corrected chi connectivity index (χ4v) is 6.35. The van der Waals surface area contributed by atoms with Crippen LogP contribution in [0.2, 0.25) is 0 Å². The molecule has 4 rings (SSSR count). The average Bonchev–Trinajstić information content (AvgIpc) is 3.06. The number of sulfonamides is 1. The standard InChI is InChI=1S/C16H21N5O3S/c1-10-16(11(2)19-18-10)25(22,23)21-12-5-6-13(21)9-14(8-12)24-15-4-3-7-17-20-15/h3-4,7,12-14H,5-6,8-9H2,1-2H3,(H,18,19). The maximum absolute atomic E-state index is 13.2. The first kappa shape index (κ1) is 16.5. The van der Waals surface area contributed by atoms with Crippen molar-refractivity contribution in [3.8, 4) is 5.88 Å². The molecule has 2 atom stereocenters. The van der Waals surface area contributed by atoms with E-state index < -0.39 is 10.0 Å². The monoisotopic (exact) mass is 363 g/mol. The Kier molecular flexibility index (Phi) is 3.99. The molecule has 0 radical (unpaired) electrons. The molecule has 134 valence electrons. The van der Waals surface area contributed by atoms with Gasteiger partial charge in [-0.25, -0.2) is 8.42 Å². The average molecular weight is 363 g/mol. The molecule has 0 aromatic carbocycles. The van der Waals surface area contributed by atoms with Crippen LogP contribution in [-0.2, 0) is 10.0 Å². The summed E-state index contributed by atoms with van der Waals surface area (Å²) in [5, 5.41) is 14.6. The summed E-state index contributed by atoms with van der Waals surface area (Å²) in [5.41, 5.74) is 1.12. The molecule has 2 aliphatic rings. The van der Waals surface area contributed by atoms with Crippen LogP contribution in [0.25, 0.3) is 0 Å². The first-order chi connectivity index (χ1) is 12.0. The number of ether oxygens (including phenoxy) is 1. The maximum atomic E-state index is 13.2. The Morgan fingerprint density at radius 2 is 1.96 bits per heavy atom. The molecule has 0 spiro atoms. The van der Waals surface area contributed by atoms with E-state index in [1.165, 1.54) is 0 Å². The molecule has 2 aromatic heterocycles. The van der Waals surface area contributed by atoms with Gasteiger partial charge in [0.1, 0.15) is 11.0 Å². The minimum atomic E-state index is -3.56. The number of H-pyrrole nitrogens is 1. The number of aromatic amines is 1. The van der Waals surface area contributed by atoms with E-state index in [0.29, 0.717) is 35.0 Å². The second-order valence-electron chi connectivity index (χ2n) is 6.76. The number of aromatic nitrogens is 4. The molecule has 2 saturated heterocycles. The van der Waals surface area contributed by atoms with Gasteiger partial charge in [-0.2, -0.15) is 14.5 Å². The van der Waals surface area contributed by atoms with Crippen LogP contribution in [0.5, 0.6) is 5.88 Å². The highest BCUT2D eigenvalue weighted by molar-refractivity contribution is 7.89. The fourth-order valence-electron chi connectivity index (χ4n) is 4.12. The Morgan fingerprint density at radius 1 is 1.24 bits per heavy atom. The van der Waals surface area contributed by atoms with E-state index in [1.807, 2.05) is 0 Å². The van der Waals surface area contributed by atoms with Crippen molar-refractivity contribution in [1.82, 2.24) is 24.7 Å². The number of aryl methyl sites for hydroxylation is 2. The van der Waals surface area contributed by atoms with Crippen molar-refractivity contribution in [2.45, 2.75) is 62.6 Å². The van der Waals surface area contributed by atoms with Gasteiger partial charge in [0.15, 0.2) is 0 Å². The van der Waals surface area contributed by atoms with Crippen molar-refractivity contribution >= 4 is 10.0 Å². The quantitative estimate of drug-likeness (QED) is 0.885. The van der Waals surface area contributed by atoms with E-state index >= 15 is 0 Å². The van der Waals surface area contributed by atoms with Gasteiger partial charge in [0.05, 0.1) is 11.4 Å². The SMILES string of the molecule is Cc1n[nH]c(C)c1S(=O)(=O)N1C2CCC1CC(Oc1cccnn1)C2. The third-order valence-electron chi connectivity index (χ3n) is 5.05. The predicted octanol–water partition coefficient (Wildman–Crippen LogP) is 1.58. The zero-order valence-corrected chi connectivity index (χ0v) is 15.0. The molecular formula is C16H21N5O3S. The van der Waals surface area contributed by atoms with Crippen molar-refractivity contribution in [2.24, 2.45) is 0 Å². The summed E-state index contributed by atoms with van der Waals surface area (Å²) in [4.78, 5) is 0.317. The number of nitrogens with zero attached hydrogens (tertiary/aromatic N) is 4. The normalized spacial score (nSPS) is 26.7. The molecular weight excluding hydrogens is 342 g/mol. The predicted molar refractivity (Wildman–Crippen MR) is 89.6 cm³/mol. The zero-order chi connectivity index (χ0) is 17.6. The van der Waals surface area contributed by atoms with Crippen molar-refractivity contribution in [3.05, 3.63) is 29.7 Å². The number of rotatable bonds is 4. The van der Waals surface area contributed by atoms with Gasteiger partial charge in [-0.3, -0.25) is 5.10 Å². The molecule has 0 aliphatic carbocycles. The van der Waals surface area contributed by atoms with Gasteiger partial charge in [-0.05, 0) is 32.8 Å². The van der Waals surface area contributed by atoms with Crippen LogP contribution >= 0.6 is 0 Å². The van der Waals surface area contributed by atoms with Crippen LogP contribution in [-0.4, -0.2) is 51.3 Å². The van der Waals surface area contributed by atoms with Crippen molar-refractivity contribution in [3.63, 3.8) is 0 Å². The number of hydrogen-bond donors (Lipinski definition) is 1. The van der Waals surface area contributed by atoms with Crippen LogP contribution in [0.4, 0.5) is 0 Å². The summed E-state index contributed by atoms with van der Waals surface area (Å²) < 4.78 is 34.0. The summed E-state index contributed by atoms with van der Waals surface area (Å²) in [5.74, 6) is 0.490. The van der Waals surface area contributed by atoms with Crippen molar-refractivity contribution in [2.75, 3.05) is 0 Å². The minimum absolute atomic E-state index is 0.0350. The summed E-state index contributed by atoms with van der Waals surface area (Å²) in [6.07, 6.45) is 4.62. The molecule has 1 N–H and O–H groups in total. The van der Waals surface area contributed by atoms with Crippen molar-refractivity contribution in [1.29, 1.82) is 0 Å². The lowest BCUT2D eigenvalue weighted by Gasteiger charge is -2.37. The lowest BCUT2D eigenvalue weighted by Crippen LogP contribution is -2.49. The number of fused-ring (bicyclic) bond motifs is 2. The second kappa shape index (κ2) is 6.06. The molecule has 9 heteroatoms. The van der Waals surface area contributed by atoms with Crippen LogP contribution in [0.1, 0.15) is 37.1 Å². The second-order valence-corrected chi connectivity index (χ2v) is 8.54. The van der Waals surface area contributed by atoms with E-state index in [4.69, 9.17) is 4.74 Å². The summed E-state index contributed by atoms with van der Waals surface area (Å²) in [6, 6.07) is 3.47. The van der Waals surface area contributed by atoms with Crippen LogP contribution in [0, 0.1) is 13.8 Å². The van der Waals surface area contributed by atoms with Crippen LogP contribution in [0.15, 0.2) is 23.2 Å². The first-order valence-corrected chi connectivity index (χ1v) is 9.90. The van der Waals surface area contributed by atoms with E-state index in [2.05, 4.69) is 20.4 Å². The zero-order valence-electron chi connectivity index (χ0n) is 14.2. The Labute approximate surface area is 146 Å². The number of piperidine rings is 1. The van der Waals surface area contributed by atoms with Gasteiger partial charge in [-0.1, -0.05) is 0 Å². The molecule has 8 nitrogen and oxygen atoms in total. The van der Waals surface area contributed by atoms with Gasteiger partial charge in [0.2, 0.25) is 15.9 Å². The maximum Gasteiger partial charge on any atom is 0.247 e. The molecule has 2 fully saturated rings. The highest BCUT2D eigenvalue weighted by Crippen LogP contribution is 2.41. The van der Waals surface area contributed by atoms with Gasteiger partial charge in [-0.15, -0.1) is 5.10 Å². The van der Waals surface area contributed by atoms with Gasteiger partial charge >= 0.3 is 0 Å². The largest absolute Gasteiger partial charge is 0.473 e. The molecule has 25 heavy (non-hydrogen) atoms. The summed E-state index contributed by atoms with van der Waals surface area (Å²) >= 11 is 0. The third-order valence-corrected chi connectivity index (χ3v) is 7.32. The van der Waals surface area contributed by atoms with Crippen molar-refractivity contribution < 1.29 is 13.2 Å². The highest BCUT2D eigenvalue weighted by atomic mass is 32.2. The van der Waals surface area contributed by atoms with Crippen LogP contribution < -0.4 is 4.74 Å². The molecule has 2 aromatic rings. The highest BCUT2D eigenvalue weighted by Gasteiger charge is 2.49. The summed E-state index contributed by atoms with van der Waals surface area (Å²) in [7, 11) is -3.56. The smallest absolute Gasteiger partial charge is 0.247 e. The van der Waals surface area contributed by atoms with Crippen LogP contribution in [0.3, 0.4) is 0 Å². The first-order valence-electron chi connectivity index (χ1n) is 8.46. The molecule has 2 aliphatic heterocycles. The number of hydrogen-bond acceptors (Lipinski definition) is 6. The van der Waals surface area contributed by atoms with E-state index in [1.54, 1.807) is 36.5 Å². The molecule has 2 bridgehead atoms. The van der Waals surface area contributed by atoms with E-state index in [-0.39, 0.29) is 18.2 Å². The number of nitrogens with one attached hydrogen (secondary N) is 1.